The first-order chi connectivity index (χ1) is 69.9. The molecule has 0 atom stereocenters. The van der Waals surface area contributed by atoms with Crippen LogP contribution in [0, 0.1) is 0 Å². The molecule has 0 bridgehead atoms. The van der Waals surface area contributed by atoms with Crippen molar-refractivity contribution in [2.75, 3.05) is 47.3 Å². The zero-order chi connectivity index (χ0) is 101. The molecule has 8 aromatic carbocycles. The lowest BCUT2D eigenvalue weighted by molar-refractivity contribution is -0.140. The molecule has 0 aliphatic heterocycles. The normalized spacial score (nSPS) is 10.9. The van der Waals surface area contributed by atoms with Crippen molar-refractivity contribution in [1.82, 2.24) is 110 Å². The minimum atomic E-state index is -1.05. The Kier molecular flexibility index (Phi) is 29.8. The molecule has 42 heteroatoms. The van der Waals surface area contributed by atoms with Gasteiger partial charge >= 0.3 is 29.8 Å². The number of fused-ring (bicyclic) bond motifs is 5. The highest BCUT2D eigenvalue weighted by molar-refractivity contribution is 5.92. The van der Waals surface area contributed by atoms with E-state index in [1.54, 1.807) is 79.1 Å². The third-order valence-electron chi connectivity index (χ3n) is 21.9. The van der Waals surface area contributed by atoms with Gasteiger partial charge in [0.15, 0.2) is 55.8 Å². The molecule has 42 nitrogen and oxygen atoms in total. The fraction of sp³-hybridized carbons (Fsp3) is 0.137. The highest BCUT2D eigenvalue weighted by Gasteiger charge is 2.23. The van der Waals surface area contributed by atoms with Crippen LogP contribution in [0.25, 0.3) is 168 Å². The maximum Gasteiger partial charge on any atom is 0.339 e. The summed E-state index contributed by atoms with van der Waals surface area (Å²) in [5, 5.41) is 27.1. The van der Waals surface area contributed by atoms with E-state index in [1.807, 2.05) is 138 Å². The minimum absolute atomic E-state index is 0.0158. The number of hydrogen-bond donors (Lipinski definition) is 13. The highest BCUT2D eigenvalue weighted by Crippen LogP contribution is 2.40. The molecule has 0 unspecified atom stereocenters. The van der Waals surface area contributed by atoms with Crippen molar-refractivity contribution >= 4 is 85.7 Å². The molecule has 0 fully saturated rings. The van der Waals surface area contributed by atoms with Gasteiger partial charge in [-0.3, -0.25) is 43.5 Å². The Bertz CT molecular complexity index is 8510. The summed E-state index contributed by atoms with van der Waals surface area (Å²) in [5.74, 6) is 0.960. The predicted molar refractivity (Wildman–Crippen MR) is 531 cm³/mol. The molecule has 20 aromatic rings. The largest absolute Gasteiger partial charge is 0.493 e. The summed E-state index contributed by atoms with van der Waals surface area (Å²) in [7, 11) is 2.69. The second-order valence-electron chi connectivity index (χ2n) is 31.1. The monoisotopic (exact) mass is 1940 g/mol. The van der Waals surface area contributed by atoms with Crippen LogP contribution in [0.5, 0.6) is 28.7 Å². The summed E-state index contributed by atoms with van der Waals surface area (Å²) in [6.45, 7) is 11.5. The molecule has 724 valence electrons. The molecular weight excluding hydrogens is 1850 g/mol. The molecule has 0 spiro atoms. The molecule has 0 saturated heterocycles. The fourth-order valence-corrected chi connectivity index (χ4v) is 15.1. The molecule has 13 N–H and O–H groups in total. The maximum atomic E-state index is 12.3. The van der Waals surface area contributed by atoms with Crippen molar-refractivity contribution in [1.29, 1.82) is 0 Å². The SMILES string of the molecule is CCOc1cc(-c2ccc(C(=O)O)cc2)ccc1-c1nc2nc[nH]c2c(=O)[nH]1.CCOc1cc(-c2ccc(CC(=O)O)cc2)ccc1-c1nc2nc[nH]c2c(=O)[nH]1.CCOc1cc(-c2ccc(CC(=O)OC)cc2)ccc1-c1nc2nc[nH]c2c(=O)[nH]1.CCOc1cc(-c2cncc(C(=O)O)c2)ccc1-c1nc2nc[nH]c2c(=O)[nH]1.CCOc1cc(-c2cncc(C(=O)OC)c2)ccc1-c1nc2nc[nH]c2c(=O)[nH]1. The number of nitrogens with one attached hydrogen (secondary N) is 10. The standard InChI is InChI=1S/C22H20N4O4.C21H18N4O4.C20H17N5O4.C20H16N4O4.C19H15N5O4/c1-3-30-17-11-15(14-6-4-13(5-7-14)10-18(27)29-2)8-9-16(17)20-25-21-19(22(28)26-20)23-12-24-21;1-2-29-16-10-14(13-5-3-12(4-6-13)9-17(26)27)7-8-15(16)19-24-20-18(21(28)25-19)22-11-23-20;1-3-29-15-7-11(12-6-13(9-21-8-12)20(27)28-2)4-5-14(15)17-24-18-16(19(26)25-17)22-10-23-18;1-2-28-15-9-13(11-3-5-12(6-4-11)20(26)27)7-8-14(15)17-23-18-16(19(25)24-17)21-10-22-18;1-2-28-14-6-10(11-5-12(19(26)27)8-20-7-11)3-4-13(14)16-23-17-15(18(25)24-16)21-9-22-17/h4-9,11-12H,3,10H2,1-2H3,(H2,23,24,25,26,28);3-8,10-11H,2,9H2,1H3,(H,26,27)(H2,22,23,24,25,28);4-10H,3H2,1-2H3,(H2,22,23,24,25,26);3-10H,2H2,1H3,(H,26,27)(H2,21,22,23,24,25);3-9H,2H2,1H3,(H,26,27)(H2,21,22,23,24,25). The molecule has 20 rings (SSSR count). The molecule has 0 radical (unpaired) electrons. The number of carbonyl (C=O) groups is 5. The van der Waals surface area contributed by atoms with Gasteiger partial charge < -0.3 is 98.3 Å². The van der Waals surface area contributed by atoms with E-state index < -0.39 is 23.9 Å². The Morgan fingerprint density at radius 3 is 0.806 bits per heavy atom. The highest BCUT2D eigenvalue weighted by atomic mass is 16.5. The van der Waals surface area contributed by atoms with Crippen molar-refractivity contribution in [3.8, 4) is 141 Å². The average molecular weight is 1940 g/mol. The molecule has 0 saturated carbocycles. The van der Waals surface area contributed by atoms with Gasteiger partial charge in [0.25, 0.3) is 27.8 Å². The van der Waals surface area contributed by atoms with E-state index in [0.29, 0.717) is 186 Å². The van der Waals surface area contributed by atoms with Crippen LogP contribution in [0.15, 0.2) is 256 Å². The Balaban J connectivity index is 0.000000129. The number of aromatic nitrogens is 22. The number of nitrogens with zero attached hydrogens (tertiary/aromatic N) is 12. The van der Waals surface area contributed by atoms with Crippen LogP contribution in [0.2, 0.25) is 0 Å². The van der Waals surface area contributed by atoms with Gasteiger partial charge in [0, 0.05) is 35.9 Å². The molecule has 144 heavy (non-hydrogen) atoms. The van der Waals surface area contributed by atoms with Crippen molar-refractivity contribution in [3.05, 3.63) is 312 Å². The number of ether oxygens (including phenoxy) is 7. The minimum Gasteiger partial charge on any atom is -0.493 e. The van der Waals surface area contributed by atoms with Gasteiger partial charge in [-0.1, -0.05) is 91.0 Å². The van der Waals surface area contributed by atoms with E-state index >= 15 is 0 Å². The molecule has 12 aromatic heterocycles. The number of rotatable bonds is 27. The van der Waals surface area contributed by atoms with E-state index in [0.717, 1.165) is 61.2 Å². The van der Waals surface area contributed by atoms with E-state index in [-0.39, 0.29) is 57.7 Å². The second kappa shape index (κ2) is 44.1. The van der Waals surface area contributed by atoms with Gasteiger partial charge in [0.1, 0.15) is 57.9 Å². The van der Waals surface area contributed by atoms with Crippen LogP contribution in [0.1, 0.15) is 76.8 Å². The van der Waals surface area contributed by atoms with Crippen LogP contribution in [0.3, 0.4) is 0 Å². The lowest BCUT2D eigenvalue weighted by atomic mass is 10.0. The van der Waals surface area contributed by atoms with E-state index in [2.05, 4.69) is 110 Å². The number of carboxylic acid groups (broad SMARTS) is 3. The number of esters is 2. The second-order valence-corrected chi connectivity index (χ2v) is 31.1. The number of imidazole rings is 5. The number of carboxylic acids is 3. The fourth-order valence-electron chi connectivity index (χ4n) is 15.1. The predicted octanol–water partition coefficient (Wildman–Crippen LogP) is 14.2. The van der Waals surface area contributed by atoms with Crippen molar-refractivity contribution in [2.24, 2.45) is 0 Å². The zero-order valence-electron chi connectivity index (χ0n) is 77.5. The summed E-state index contributed by atoms with van der Waals surface area (Å²) < 4.78 is 38.4. The molecular formula is C102H86N22O20. The van der Waals surface area contributed by atoms with Crippen LogP contribution in [0.4, 0.5) is 0 Å². The number of aliphatic carboxylic acids is 1. The first-order valence-corrected chi connectivity index (χ1v) is 44.4. The van der Waals surface area contributed by atoms with E-state index in [1.165, 1.54) is 64.3 Å². The van der Waals surface area contributed by atoms with Gasteiger partial charge in [-0.05, 0) is 175 Å². The topological polar surface area (TPSA) is 609 Å². The van der Waals surface area contributed by atoms with E-state index in [9.17, 15) is 47.9 Å². The van der Waals surface area contributed by atoms with E-state index in [4.69, 9.17) is 48.5 Å². The summed E-state index contributed by atoms with van der Waals surface area (Å²) in [6, 6.07) is 52.4. The summed E-state index contributed by atoms with van der Waals surface area (Å²) in [6.07, 6.45) is 13.3. The smallest absolute Gasteiger partial charge is 0.339 e. The first kappa shape index (κ1) is 97.3. The van der Waals surface area contributed by atoms with Gasteiger partial charge in [-0.2, -0.15) is 0 Å². The van der Waals surface area contributed by atoms with Gasteiger partial charge in [0.2, 0.25) is 0 Å². The number of carbonyl (C=O) groups excluding carboxylic acids is 2. The lowest BCUT2D eigenvalue weighted by Crippen LogP contribution is -2.10. The van der Waals surface area contributed by atoms with Gasteiger partial charge in [-0.15, -0.1) is 0 Å². The first-order valence-electron chi connectivity index (χ1n) is 44.4. The van der Waals surface area contributed by atoms with Gasteiger partial charge in [0.05, 0.1) is 136 Å². The number of benzene rings is 8. The zero-order valence-corrected chi connectivity index (χ0v) is 77.5. The van der Waals surface area contributed by atoms with Crippen LogP contribution in [-0.4, -0.2) is 202 Å². The Labute approximate surface area is 811 Å². The Morgan fingerprint density at radius 1 is 0.285 bits per heavy atom. The van der Waals surface area contributed by atoms with Crippen molar-refractivity contribution in [3.63, 3.8) is 0 Å². The number of pyridine rings is 2. The molecule has 12 heterocycles. The van der Waals surface area contributed by atoms with Crippen LogP contribution < -0.4 is 51.5 Å². The Hall–Kier alpha value is -19.8. The van der Waals surface area contributed by atoms with Crippen LogP contribution in [-0.2, 0) is 31.9 Å². The number of aromatic carboxylic acids is 2. The van der Waals surface area contributed by atoms with Crippen molar-refractivity contribution < 1.29 is 72.5 Å². The summed E-state index contributed by atoms with van der Waals surface area (Å²) in [4.78, 5) is 196. The lowest BCUT2D eigenvalue weighted by Gasteiger charge is -2.12. The third kappa shape index (κ3) is 22.2. The van der Waals surface area contributed by atoms with Crippen LogP contribution >= 0.6 is 0 Å². The average Bonchev–Trinajstić information content (AvgIpc) is 1.51. The number of hydrogen-bond acceptors (Lipinski definition) is 29. The van der Waals surface area contributed by atoms with Crippen molar-refractivity contribution in [2.45, 2.75) is 47.5 Å². The molecule has 0 amide bonds. The van der Waals surface area contributed by atoms with Gasteiger partial charge in [-0.25, -0.2) is 64.2 Å². The molecule has 0 aliphatic carbocycles. The summed E-state index contributed by atoms with van der Waals surface area (Å²) in [5.41, 5.74) is 15.5. The summed E-state index contributed by atoms with van der Waals surface area (Å²) >= 11 is 0. The Morgan fingerprint density at radius 2 is 0.542 bits per heavy atom. The number of aromatic amines is 10. The number of H-pyrrole nitrogens is 10. The number of methoxy groups -OCH3 is 2. The quantitative estimate of drug-likeness (QED) is 0.0213. The maximum absolute atomic E-state index is 12.3. The molecule has 0 aliphatic rings. The third-order valence-corrected chi connectivity index (χ3v) is 21.9.